The number of esters is 1. The fourth-order valence-corrected chi connectivity index (χ4v) is 6.33. The van der Waals surface area contributed by atoms with Crippen LogP contribution in [0.25, 0.3) is 0 Å². The van der Waals surface area contributed by atoms with E-state index in [0.717, 1.165) is 96.3 Å². The number of rotatable bonds is 41. The summed E-state index contributed by atoms with van der Waals surface area (Å²) in [5.74, 6) is -1.80. The van der Waals surface area contributed by atoms with E-state index in [4.69, 9.17) is 29.4 Å². The molecule has 0 saturated carbocycles. The number of unbranched alkanes of at least 4 members (excludes halogenated alkanes) is 15. The summed E-state index contributed by atoms with van der Waals surface area (Å²) >= 11 is 0. The van der Waals surface area contributed by atoms with Crippen molar-refractivity contribution in [1.82, 2.24) is 0 Å². The molecule has 0 saturated heterocycles. The lowest BCUT2D eigenvalue weighted by atomic mass is 10.1. The van der Waals surface area contributed by atoms with E-state index >= 15 is 0 Å². The van der Waals surface area contributed by atoms with Gasteiger partial charge in [-0.3, -0.25) is 18.6 Å². The largest absolute Gasteiger partial charge is 0.480 e. The van der Waals surface area contributed by atoms with Crippen LogP contribution in [0.4, 0.5) is 0 Å². The smallest absolute Gasteiger partial charge is 0.472 e. The minimum atomic E-state index is -4.62. The van der Waals surface area contributed by atoms with Crippen LogP contribution in [-0.2, 0) is 32.7 Å². The van der Waals surface area contributed by atoms with Crippen LogP contribution in [0.3, 0.4) is 0 Å². The van der Waals surface area contributed by atoms with Gasteiger partial charge in [-0.15, -0.1) is 0 Å². The zero-order valence-electron chi connectivity index (χ0n) is 35.7. The highest BCUT2D eigenvalue weighted by atomic mass is 31.2. The number of phosphoric acid groups is 1. The Balaban J connectivity index is 4.18. The maximum absolute atomic E-state index is 12.6. The van der Waals surface area contributed by atoms with Crippen LogP contribution in [0.1, 0.15) is 168 Å². The van der Waals surface area contributed by atoms with Gasteiger partial charge >= 0.3 is 19.8 Å². The normalized spacial score (nSPS) is 14.6. The first-order valence-electron chi connectivity index (χ1n) is 22.0. The molecule has 0 fully saturated rings. The number of ether oxygens (including phenoxy) is 2. The van der Waals surface area contributed by atoms with Crippen LogP contribution in [0, 0.1) is 0 Å². The Morgan fingerprint density at radius 2 is 1.02 bits per heavy atom. The van der Waals surface area contributed by atoms with Gasteiger partial charge in [-0.1, -0.05) is 157 Å². The van der Waals surface area contributed by atoms with Crippen molar-refractivity contribution in [2.75, 3.05) is 26.4 Å². The standard InChI is InChI=1S/C46H80NO9P/c1-3-5-7-9-11-13-15-16-17-18-19-20-21-22-23-24-25-26-27-29-31-33-35-37-39-53-40-43(41-54-57(51,52)55-42-44(47)46(49)50)56-45(48)38-36-34-32-30-28-14-12-10-8-6-4-2/h5,7,10-13,16-17,19-20,22-23,43-44H,3-4,6,8-9,14-15,18,21,24-42,47H2,1-2H3,(H,49,50)(H,51,52)/b7-5-,12-10-,13-11-,17-16-,20-19-,23-22-. The summed E-state index contributed by atoms with van der Waals surface area (Å²) in [6.45, 7) is 3.68. The average Bonchev–Trinajstić information content (AvgIpc) is 3.19. The second-order valence-electron chi connectivity index (χ2n) is 14.4. The van der Waals surface area contributed by atoms with E-state index in [-0.39, 0.29) is 13.0 Å². The topological polar surface area (TPSA) is 155 Å². The summed E-state index contributed by atoms with van der Waals surface area (Å²) in [4.78, 5) is 33.5. The molecule has 3 atom stereocenters. The molecule has 0 aliphatic rings. The van der Waals surface area contributed by atoms with E-state index in [1.165, 1.54) is 44.9 Å². The van der Waals surface area contributed by atoms with Gasteiger partial charge in [0.05, 0.1) is 19.8 Å². The number of carboxylic acid groups (broad SMARTS) is 1. The molecule has 10 nitrogen and oxygen atoms in total. The van der Waals surface area contributed by atoms with Crippen molar-refractivity contribution in [3.63, 3.8) is 0 Å². The number of nitrogens with two attached hydrogens (primary N) is 1. The molecule has 0 radical (unpaired) electrons. The molecule has 0 amide bonds. The summed E-state index contributed by atoms with van der Waals surface area (Å²) in [6.07, 6.45) is 51.0. The van der Waals surface area contributed by atoms with Gasteiger partial charge < -0.3 is 25.2 Å². The van der Waals surface area contributed by atoms with Crippen molar-refractivity contribution in [1.29, 1.82) is 0 Å². The number of carbonyl (C=O) groups is 2. The van der Waals surface area contributed by atoms with Gasteiger partial charge in [-0.2, -0.15) is 0 Å². The molecular weight excluding hydrogens is 741 g/mol. The van der Waals surface area contributed by atoms with Crippen LogP contribution in [0.2, 0.25) is 0 Å². The molecule has 11 heteroatoms. The monoisotopic (exact) mass is 822 g/mol. The molecule has 4 N–H and O–H groups in total. The van der Waals surface area contributed by atoms with Crippen LogP contribution in [0.15, 0.2) is 72.9 Å². The molecule has 0 aromatic heterocycles. The quantitative estimate of drug-likeness (QED) is 0.0235. The van der Waals surface area contributed by atoms with E-state index in [2.05, 4.69) is 86.8 Å². The summed E-state index contributed by atoms with van der Waals surface area (Å²) in [5, 5.41) is 8.89. The van der Waals surface area contributed by atoms with Crippen LogP contribution in [0.5, 0.6) is 0 Å². The number of carbonyl (C=O) groups excluding carboxylic acids is 1. The first-order chi connectivity index (χ1) is 27.7. The van der Waals surface area contributed by atoms with Crippen molar-refractivity contribution in [2.45, 2.75) is 180 Å². The predicted octanol–water partition coefficient (Wildman–Crippen LogP) is 12.2. The molecule has 0 spiro atoms. The zero-order valence-corrected chi connectivity index (χ0v) is 36.6. The first-order valence-corrected chi connectivity index (χ1v) is 23.5. The van der Waals surface area contributed by atoms with E-state index in [0.29, 0.717) is 13.0 Å². The Hall–Kier alpha value is -2.59. The maximum Gasteiger partial charge on any atom is 0.472 e. The van der Waals surface area contributed by atoms with Crippen LogP contribution >= 0.6 is 7.82 Å². The molecule has 328 valence electrons. The van der Waals surface area contributed by atoms with Gasteiger partial charge in [-0.05, 0) is 77.0 Å². The Morgan fingerprint density at radius 3 is 1.54 bits per heavy atom. The highest BCUT2D eigenvalue weighted by molar-refractivity contribution is 7.47. The van der Waals surface area contributed by atoms with Gasteiger partial charge in [0.25, 0.3) is 0 Å². The Labute approximate surface area is 346 Å². The van der Waals surface area contributed by atoms with Crippen LogP contribution < -0.4 is 5.73 Å². The fraction of sp³-hybridized carbons (Fsp3) is 0.696. The molecule has 0 aliphatic heterocycles. The lowest BCUT2D eigenvalue weighted by Crippen LogP contribution is -2.34. The lowest BCUT2D eigenvalue weighted by Gasteiger charge is -2.20. The van der Waals surface area contributed by atoms with Gasteiger partial charge in [0, 0.05) is 13.0 Å². The fourth-order valence-electron chi connectivity index (χ4n) is 5.55. The Morgan fingerprint density at radius 1 is 0.579 bits per heavy atom. The summed E-state index contributed by atoms with van der Waals surface area (Å²) < 4.78 is 33.3. The molecule has 0 aromatic carbocycles. The third-order valence-corrected chi connectivity index (χ3v) is 9.92. The highest BCUT2D eigenvalue weighted by Gasteiger charge is 2.27. The number of hydrogen-bond acceptors (Lipinski definition) is 8. The van der Waals surface area contributed by atoms with E-state index in [9.17, 15) is 19.0 Å². The summed E-state index contributed by atoms with van der Waals surface area (Å²) in [5.41, 5.74) is 5.35. The van der Waals surface area contributed by atoms with Crippen molar-refractivity contribution in [2.24, 2.45) is 5.73 Å². The number of aliphatic carboxylic acids is 1. The Bertz CT molecular complexity index is 1180. The molecular formula is C46H80NO9P. The second kappa shape index (κ2) is 41.6. The third-order valence-electron chi connectivity index (χ3n) is 8.97. The van der Waals surface area contributed by atoms with E-state index in [1.54, 1.807) is 0 Å². The van der Waals surface area contributed by atoms with Gasteiger partial charge in [0.15, 0.2) is 0 Å². The van der Waals surface area contributed by atoms with Gasteiger partial charge in [-0.25, -0.2) is 4.57 Å². The molecule has 0 aromatic rings. The van der Waals surface area contributed by atoms with Crippen LogP contribution in [-0.4, -0.2) is 60.5 Å². The SMILES string of the molecule is CC/C=C\C/C=C\C/C=C\C/C=C\C/C=C\CCCCCCCCCCOCC(COP(=O)(O)OCC(N)C(=O)O)OC(=O)CCCCCCC/C=C\CCCC. The first kappa shape index (κ1) is 54.4. The number of allylic oxidation sites excluding steroid dienone is 12. The van der Waals surface area contributed by atoms with Crippen molar-refractivity contribution >= 4 is 19.8 Å². The van der Waals surface area contributed by atoms with Crippen molar-refractivity contribution in [3.05, 3.63) is 72.9 Å². The van der Waals surface area contributed by atoms with Gasteiger partial charge in [0.2, 0.25) is 0 Å². The Kier molecular flexibility index (Phi) is 39.7. The van der Waals surface area contributed by atoms with Gasteiger partial charge in [0.1, 0.15) is 12.1 Å². The van der Waals surface area contributed by atoms with Crippen molar-refractivity contribution < 1.29 is 42.7 Å². The molecule has 57 heavy (non-hydrogen) atoms. The number of phosphoric ester groups is 1. The predicted molar refractivity (Wildman–Crippen MR) is 235 cm³/mol. The van der Waals surface area contributed by atoms with E-state index < -0.39 is 45.1 Å². The second-order valence-corrected chi connectivity index (χ2v) is 15.9. The lowest BCUT2D eigenvalue weighted by molar-refractivity contribution is -0.154. The summed E-state index contributed by atoms with van der Waals surface area (Å²) in [6, 6.07) is -1.48. The third kappa shape index (κ3) is 41.4. The summed E-state index contributed by atoms with van der Waals surface area (Å²) in [7, 11) is -4.62. The molecule has 0 heterocycles. The molecule has 3 unspecified atom stereocenters. The van der Waals surface area contributed by atoms with E-state index in [1.807, 2.05) is 0 Å². The highest BCUT2D eigenvalue weighted by Crippen LogP contribution is 2.43. The average molecular weight is 822 g/mol. The molecule has 0 rings (SSSR count). The molecule has 0 aliphatic carbocycles. The number of hydrogen-bond donors (Lipinski definition) is 3. The minimum absolute atomic E-state index is 0.00401. The number of carboxylic acids is 1. The minimum Gasteiger partial charge on any atom is -0.480 e. The van der Waals surface area contributed by atoms with Crippen molar-refractivity contribution in [3.8, 4) is 0 Å². The molecule has 0 bridgehead atoms. The zero-order chi connectivity index (χ0) is 41.9. The maximum atomic E-state index is 12.6.